The van der Waals surface area contributed by atoms with Crippen molar-refractivity contribution >= 4 is 23.1 Å². The van der Waals surface area contributed by atoms with Crippen molar-refractivity contribution in [1.29, 1.82) is 0 Å². The maximum atomic E-state index is 12.7. The molecule has 9 heteroatoms. The normalized spacial score (nSPS) is 15.1. The van der Waals surface area contributed by atoms with Crippen LogP contribution in [0.25, 0.3) is 0 Å². The second-order valence-corrected chi connectivity index (χ2v) is 8.53. The summed E-state index contributed by atoms with van der Waals surface area (Å²) in [5.74, 6) is -0.0621. The van der Waals surface area contributed by atoms with Gasteiger partial charge in [0.05, 0.1) is 4.92 Å². The molecule has 2 aromatic rings. The molecule has 0 aliphatic carbocycles. The lowest BCUT2D eigenvalue weighted by molar-refractivity contribution is -0.384. The number of rotatable bonds is 4. The summed E-state index contributed by atoms with van der Waals surface area (Å²) in [5.41, 5.74) is 0.0972. The van der Waals surface area contributed by atoms with E-state index in [0.717, 1.165) is 0 Å². The lowest BCUT2D eigenvalue weighted by Gasteiger charge is -2.28. The Morgan fingerprint density at radius 2 is 1.87 bits per heavy atom. The molecule has 0 atom stereocenters. The number of imidazole rings is 1. The second kappa shape index (κ2) is 8.25. The maximum Gasteiger partial charge on any atom is 0.293 e. The van der Waals surface area contributed by atoms with Gasteiger partial charge in [0.15, 0.2) is 5.82 Å². The molecule has 0 spiro atoms. The van der Waals surface area contributed by atoms with Crippen LogP contribution in [-0.2, 0) is 11.8 Å². The van der Waals surface area contributed by atoms with Crippen LogP contribution in [0.3, 0.4) is 0 Å². The monoisotopic (exact) mass is 413 g/mol. The summed E-state index contributed by atoms with van der Waals surface area (Å²) in [7, 11) is 1.70. The Morgan fingerprint density at radius 1 is 1.13 bits per heavy atom. The van der Waals surface area contributed by atoms with E-state index in [2.05, 4.69) is 4.98 Å². The zero-order valence-electron chi connectivity index (χ0n) is 17.8. The highest BCUT2D eigenvalue weighted by Gasteiger charge is 2.30. The number of hydrogen-bond acceptors (Lipinski definition) is 6. The van der Waals surface area contributed by atoms with Gasteiger partial charge in [-0.05, 0) is 18.6 Å². The van der Waals surface area contributed by atoms with Crippen LogP contribution >= 0.6 is 0 Å². The molecular weight excluding hydrogens is 386 g/mol. The first-order valence-corrected chi connectivity index (χ1v) is 9.94. The van der Waals surface area contributed by atoms with Crippen LogP contribution < -0.4 is 4.90 Å². The summed E-state index contributed by atoms with van der Waals surface area (Å²) < 4.78 is 1.58. The number of hydrogen-bond donors (Lipinski definition) is 0. The van der Waals surface area contributed by atoms with Gasteiger partial charge < -0.3 is 14.4 Å². The Hall–Kier alpha value is -3.23. The maximum absolute atomic E-state index is 12.7. The molecule has 2 heterocycles. The van der Waals surface area contributed by atoms with E-state index in [4.69, 9.17) is 0 Å². The van der Waals surface area contributed by atoms with Gasteiger partial charge in [-0.2, -0.15) is 0 Å². The summed E-state index contributed by atoms with van der Waals surface area (Å²) in [5, 5.41) is 11.8. The van der Waals surface area contributed by atoms with Crippen molar-refractivity contribution in [1.82, 2.24) is 14.5 Å². The Kier molecular flexibility index (Phi) is 5.91. The predicted octanol–water partition coefficient (Wildman–Crippen LogP) is 2.64. The van der Waals surface area contributed by atoms with Gasteiger partial charge in [0, 0.05) is 62.7 Å². The van der Waals surface area contributed by atoms with E-state index in [0.29, 0.717) is 38.3 Å². The lowest BCUT2D eigenvalue weighted by Crippen LogP contribution is -2.41. The molecule has 0 saturated carbocycles. The minimum absolute atomic E-state index is 0.0786. The molecule has 0 bridgehead atoms. The van der Waals surface area contributed by atoms with Crippen molar-refractivity contribution in [3.63, 3.8) is 0 Å². The first kappa shape index (κ1) is 21.5. The summed E-state index contributed by atoms with van der Waals surface area (Å²) in [6, 6.07) is 4.53. The number of ketones is 1. The van der Waals surface area contributed by atoms with Crippen LogP contribution in [0.1, 0.15) is 43.4 Å². The fourth-order valence-corrected chi connectivity index (χ4v) is 3.63. The zero-order valence-corrected chi connectivity index (χ0v) is 17.8. The number of aromatic nitrogens is 2. The zero-order chi connectivity index (χ0) is 22.1. The van der Waals surface area contributed by atoms with E-state index in [9.17, 15) is 19.7 Å². The number of carbonyl (C=O) groups is 2. The van der Waals surface area contributed by atoms with Crippen LogP contribution in [0.5, 0.6) is 0 Å². The SMILES string of the molecule is Cn1ccnc1C(=O)c1ccc(N2CCCN(C(=O)C(C)(C)C)CC2)c([N+](=O)[O-])c1. The molecule has 1 aliphatic heterocycles. The molecule has 0 radical (unpaired) electrons. The van der Waals surface area contributed by atoms with Gasteiger partial charge in [-0.15, -0.1) is 0 Å². The van der Waals surface area contributed by atoms with Crippen LogP contribution in [0.4, 0.5) is 11.4 Å². The van der Waals surface area contributed by atoms with E-state index in [1.54, 1.807) is 29.9 Å². The fourth-order valence-electron chi connectivity index (χ4n) is 3.63. The van der Waals surface area contributed by atoms with Gasteiger partial charge in [-0.3, -0.25) is 19.7 Å². The van der Waals surface area contributed by atoms with Gasteiger partial charge in [0.25, 0.3) is 5.69 Å². The molecule has 1 saturated heterocycles. The minimum atomic E-state index is -0.465. The number of aryl methyl sites for hydroxylation is 1. The minimum Gasteiger partial charge on any atom is -0.364 e. The highest BCUT2D eigenvalue weighted by molar-refractivity contribution is 6.07. The number of amides is 1. The fraction of sp³-hybridized carbons (Fsp3) is 0.476. The number of nitro benzene ring substituents is 1. The first-order chi connectivity index (χ1) is 14.1. The van der Waals surface area contributed by atoms with Crippen LogP contribution in [0.15, 0.2) is 30.6 Å². The van der Waals surface area contributed by atoms with E-state index in [-0.39, 0.29) is 28.8 Å². The summed E-state index contributed by atoms with van der Waals surface area (Å²) in [6.07, 6.45) is 3.88. The highest BCUT2D eigenvalue weighted by Crippen LogP contribution is 2.31. The topological polar surface area (TPSA) is 102 Å². The molecule has 1 aromatic heterocycles. The Morgan fingerprint density at radius 3 is 2.47 bits per heavy atom. The van der Waals surface area contributed by atoms with E-state index in [1.165, 1.54) is 12.3 Å². The van der Waals surface area contributed by atoms with E-state index < -0.39 is 10.3 Å². The third kappa shape index (κ3) is 4.34. The standard InChI is InChI=1S/C21H27N5O4/c1-21(2,3)20(28)25-10-5-9-24(12-13-25)16-7-6-15(14-17(16)26(29)30)18(27)19-22-8-11-23(19)4/h6-8,11,14H,5,9-10,12-13H2,1-4H3. The van der Waals surface area contributed by atoms with Crippen molar-refractivity contribution in [2.75, 3.05) is 31.1 Å². The first-order valence-electron chi connectivity index (χ1n) is 9.94. The number of nitrogens with zero attached hydrogens (tertiary/aromatic N) is 5. The van der Waals surface area contributed by atoms with Crippen molar-refractivity contribution in [2.24, 2.45) is 12.5 Å². The van der Waals surface area contributed by atoms with Crippen LogP contribution in [0.2, 0.25) is 0 Å². The van der Waals surface area contributed by atoms with Gasteiger partial charge in [-0.25, -0.2) is 4.98 Å². The number of carbonyl (C=O) groups excluding carboxylic acids is 2. The number of anilines is 1. The molecule has 0 N–H and O–H groups in total. The average molecular weight is 413 g/mol. The molecular formula is C21H27N5O4. The van der Waals surface area contributed by atoms with Gasteiger partial charge in [-0.1, -0.05) is 20.8 Å². The molecule has 3 rings (SSSR count). The van der Waals surface area contributed by atoms with Crippen LogP contribution in [-0.4, -0.2) is 57.2 Å². The van der Waals surface area contributed by atoms with Crippen molar-refractivity contribution in [3.05, 3.63) is 52.1 Å². The molecule has 160 valence electrons. The molecule has 1 aliphatic rings. The largest absolute Gasteiger partial charge is 0.364 e. The van der Waals surface area contributed by atoms with Crippen molar-refractivity contribution < 1.29 is 14.5 Å². The van der Waals surface area contributed by atoms with E-state index >= 15 is 0 Å². The molecule has 1 amide bonds. The summed E-state index contributed by atoms with van der Waals surface area (Å²) in [6.45, 7) is 7.88. The molecule has 30 heavy (non-hydrogen) atoms. The van der Waals surface area contributed by atoms with Gasteiger partial charge in [0.2, 0.25) is 11.7 Å². The Balaban J connectivity index is 1.85. The second-order valence-electron chi connectivity index (χ2n) is 8.53. The smallest absolute Gasteiger partial charge is 0.293 e. The summed E-state index contributed by atoms with van der Waals surface area (Å²) in [4.78, 5) is 44.4. The molecule has 1 fully saturated rings. The third-order valence-electron chi connectivity index (χ3n) is 5.22. The van der Waals surface area contributed by atoms with Gasteiger partial charge >= 0.3 is 0 Å². The molecule has 0 unspecified atom stereocenters. The molecule has 1 aromatic carbocycles. The lowest BCUT2D eigenvalue weighted by atomic mass is 9.94. The summed E-state index contributed by atoms with van der Waals surface area (Å²) >= 11 is 0. The Labute approximate surface area is 175 Å². The predicted molar refractivity (Wildman–Crippen MR) is 113 cm³/mol. The van der Waals surface area contributed by atoms with Gasteiger partial charge in [0.1, 0.15) is 5.69 Å². The van der Waals surface area contributed by atoms with Crippen molar-refractivity contribution in [3.8, 4) is 0 Å². The number of benzene rings is 1. The quantitative estimate of drug-likeness (QED) is 0.434. The van der Waals surface area contributed by atoms with Crippen LogP contribution in [0, 0.1) is 15.5 Å². The average Bonchev–Trinajstić information content (AvgIpc) is 2.97. The molecule has 9 nitrogen and oxygen atoms in total. The number of nitro groups is 1. The Bertz CT molecular complexity index is 976. The van der Waals surface area contributed by atoms with Crippen molar-refractivity contribution in [2.45, 2.75) is 27.2 Å². The van der Waals surface area contributed by atoms with E-state index in [1.807, 2.05) is 30.6 Å². The third-order valence-corrected chi connectivity index (χ3v) is 5.22. The highest BCUT2D eigenvalue weighted by atomic mass is 16.6.